The summed E-state index contributed by atoms with van der Waals surface area (Å²) >= 11 is 0. The number of rotatable bonds is 6. The summed E-state index contributed by atoms with van der Waals surface area (Å²) in [5, 5.41) is 9.33. The van der Waals surface area contributed by atoms with E-state index in [0.29, 0.717) is 11.8 Å². The Kier molecular flexibility index (Phi) is 5.97. The average molecular weight is 346 g/mol. The average Bonchev–Trinajstić information content (AvgIpc) is 3.16. The van der Waals surface area contributed by atoms with Gasteiger partial charge in [0, 0.05) is 12.6 Å². The summed E-state index contributed by atoms with van der Waals surface area (Å²) < 4.78 is 5.14. The van der Waals surface area contributed by atoms with Gasteiger partial charge in [-0.1, -0.05) is 6.07 Å². The number of ether oxygens (including phenoxy) is 1. The number of hydrogen-bond acceptors (Lipinski definition) is 4. The van der Waals surface area contributed by atoms with E-state index in [1.165, 1.54) is 45.9 Å². The third-order valence-corrected chi connectivity index (χ3v) is 5.93. The molecule has 2 aliphatic heterocycles. The normalized spacial score (nSPS) is 21.4. The molecule has 0 amide bonds. The molecule has 2 aliphatic rings. The summed E-state index contributed by atoms with van der Waals surface area (Å²) in [6.07, 6.45) is 5.18. The zero-order valence-electron chi connectivity index (χ0n) is 15.4. The van der Waals surface area contributed by atoms with Gasteiger partial charge in [0.1, 0.15) is 11.3 Å². The molecule has 25 heavy (non-hydrogen) atoms. The second-order valence-corrected chi connectivity index (χ2v) is 7.44. The van der Waals surface area contributed by atoms with E-state index in [4.69, 9.17) is 4.74 Å². The van der Waals surface area contributed by atoms with Crippen molar-refractivity contribution in [2.45, 2.75) is 45.2 Å². The largest absolute Gasteiger partial charge is 0.496 e. The van der Waals surface area contributed by atoms with Gasteiger partial charge < -0.3 is 14.7 Å². The molecule has 0 unspecified atom stereocenters. The molecule has 5 nitrogen and oxygen atoms in total. The van der Waals surface area contributed by atoms with Crippen molar-refractivity contribution in [1.29, 1.82) is 0 Å². The molecule has 0 aromatic heterocycles. The van der Waals surface area contributed by atoms with E-state index in [0.717, 1.165) is 31.1 Å². The molecule has 2 heterocycles. The molecular formula is C20H30N2O3. The highest BCUT2D eigenvalue weighted by molar-refractivity contribution is 5.91. The Labute approximate surface area is 150 Å². The number of piperidine rings is 1. The predicted octanol–water partition coefficient (Wildman–Crippen LogP) is 3.09. The minimum absolute atomic E-state index is 0.248. The quantitative estimate of drug-likeness (QED) is 0.858. The van der Waals surface area contributed by atoms with Crippen LogP contribution in [0.2, 0.25) is 0 Å². The molecular weight excluding hydrogens is 316 g/mol. The van der Waals surface area contributed by atoms with Crippen molar-refractivity contribution < 1.29 is 14.6 Å². The molecule has 3 rings (SSSR count). The highest BCUT2D eigenvalue weighted by atomic mass is 16.5. The highest BCUT2D eigenvalue weighted by Gasteiger charge is 2.29. The van der Waals surface area contributed by atoms with Gasteiger partial charge in [-0.05, 0) is 82.4 Å². The number of methoxy groups -OCH3 is 1. The van der Waals surface area contributed by atoms with E-state index >= 15 is 0 Å². The van der Waals surface area contributed by atoms with Gasteiger partial charge in [-0.3, -0.25) is 4.90 Å². The van der Waals surface area contributed by atoms with E-state index < -0.39 is 5.97 Å². The Morgan fingerprint density at radius 3 is 2.52 bits per heavy atom. The molecule has 0 saturated carbocycles. The van der Waals surface area contributed by atoms with Gasteiger partial charge in [0.05, 0.1) is 7.11 Å². The summed E-state index contributed by atoms with van der Waals surface area (Å²) in [5.74, 6) is 0.283. The van der Waals surface area contributed by atoms with Crippen LogP contribution in [0.5, 0.6) is 5.75 Å². The van der Waals surface area contributed by atoms with Gasteiger partial charge in [0.2, 0.25) is 0 Å². The Bertz CT molecular complexity index is 591. The van der Waals surface area contributed by atoms with Crippen LogP contribution in [-0.4, -0.2) is 60.2 Å². The third kappa shape index (κ3) is 4.33. The van der Waals surface area contributed by atoms with Crippen molar-refractivity contribution in [2.24, 2.45) is 5.92 Å². The van der Waals surface area contributed by atoms with Crippen LogP contribution < -0.4 is 4.74 Å². The van der Waals surface area contributed by atoms with Crippen LogP contribution in [0, 0.1) is 5.92 Å². The number of benzene rings is 1. The summed E-state index contributed by atoms with van der Waals surface area (Å²) in [7, 11) is 1.51. The van der Waals surface area contributed by atoms with Crippen LogP contribution in [0.3, 0.4) is 0 Å². The molecule has 1 aromatic rings. The summed E-state index contributed by atoms with van der Waals surface area (Å²) in [6, 6.07) is 6.19. The minimum Gasteiger partial charge on any atom is -0.496 e. The van der Waals surface area contributed by atoms with Gasteiger partial charge in [-0.2, -0.15) is 0 Å². The molecule has 138 valence electrons. The second kappa shape index (κ2) is 8.19. The van der Waals surface area contributed by atoms with Crippen molar-refractivity contribution in [3.63, 3.8) is 0 Å². The molecule has 2 fully saturated rings. The number of likely N-dealkylation sites (tertiary alicyclic amines) is 2. The lowest BCUT2D eigenvalue weighted by Gasteiger charge is -2.38. The smallest absolute Gasteiger partial charge is 0.339 e. The zero-order chi connectivity index (χ0) is 17.8. The highest BCUT2D eigenvalue weighted by Crippen LogP contribution is 2.28. The molecule has 5 heteroatoms. The van der Waals surface area contributed by atoms with Crippen LogP contribution >= 0.6 is 0 Å². The maximum Gasteiger partial charge on any atom is 0.339 e. The van der Waals surface area contributed by atoms with Gasteiger partial charge in [-0.15, -0.1) is 0 Å². The fraction of sp³-hybridized carbons (Fsp3) is 0.650. The van der Waals surface area contributed by atoms with E-state index in [-0.39, 0.29) is 5.56 Å². The lowest BCUT2D eigenvalue weighted by molar-refractivity contribution is 0.0693. The van der Waals surface area contributed by atoms with Crippen molar-refractivity contribution >= 4 is 5.97 Å². The number of nitrogens with zero attached hydrogens (tertiary/aromatic N) is 2. The van der Waals surface area contributed by atoms with Crippen LogP contribution in [-0.2, 0) is 6.54 Å². The number of carbonyl (C=O) groups is 1. The van der Waals surface area contributed by atoms with Gasteiger partial charge >= 0.3 is 5.97 Å². The van der Waals surface area contributed by atoms with Gasteiger partial charge in [0.25, 0.3) is 0 Å². The van der Waals surface area contributed by atoms with E-state index in [2.05, 4.69) is 16.7 Å². The minimum atomic E-state index is -0.933. The zero-order valence-corrected chi connectivity index (χ0v) is 15.4. The Balaban J connectivity index is 1.55. The van der Waals surface area contributed by atoms with Crippen LogP contribution in [0.1, 0.15) is 48.5 Å². The van der Waals surface area contributed by atoms with E-state index in [9.17, 15) is 9.90 Å². The molecule has 1 N–H and O–H groups in total. The van der Waals surface area contributed by atoms with E-state index in [1.54, 1.807) is 12.1 Å². The molecule has 1 atom stereocenters. The standard InChI is InChI=1S/C20H30N2O3/c1-15(22-9-3-4-10-22)17-7-11-21(12-8-17)14-16-5-6-19(25-2)18(13-16)20(23)24/h5-6,13,15,17H,3-4,7-12,14H2,1-2H3,(H,23,24)/t15-/m0/s1. The molecule has 0 aliphatic carbocycles. The fourth-order valence-corrected chi connectivity index (χ4v) is 4.32. The first-order valence-corrected chi connectivity index (χ1v) is 9.45. The van der Waals surface area contributed by atoms with Gasteiger partial charge in [-0.25, -0.2) is 4.79 Å². The first-order chi connectivity index (χ1) is 12.1. The number of carboxylic acid groups (broad SMARTS) is 1. The number of hydrogen-bond donors (Lipinski definition) is 1. The summed E-state index contributed by atoms with van der Waals surface area (Å²) in [5.41, 5.74) is 1.29. The molecule has 0 spiro atoms. The SMILES string of the molecule is COc1ccc(CN2CCC([C@H](C)N3CCCC3)CC2)cc1C(=O)O. The third-order valence-electron chi connectivity index (χ3n) is 5.93. The topological polar surface area (TPSA) is 53.0 Å². The Hall–Kier alpha value is -1.59. The second-order valence-electron chi connectivity index (χ2n) is 7.44. The van der Waals surface area contributed by atoms with Crippen molar-refractivity contribution in [3.8, 4) is 5.75 Å². The van der Waals surface area contributed by atoms with E-state index in [1.807, 2.05) is 6.07 Å². The van der Waals surface area contributed by atoms with Gasteiger partial charge in [0.15, 0.2) is 0 Å². The van der Waals surface area contributed by atoms with Crippen molar-refractivity contribution in [2.75, 3.05) is 33.3 Å². The number of carboxylic acids is 1. The molecule has 0 bridgehead atoms. The monoisotopic (exact) mass is 346 g/mol. The van der Waals surface area contributed by atoms with Crippen LogP contribution in [0.15, 0.2) is 18.2 Å². The summed E-state index contributed by atoms with van der Waals surface area (Å²) in [6.45, 7) is 7.94. The fourth-order valence-electron chi connectivity index (χ4n) is 4.32. The lowest BCUT2D eigenvalue weighted by atomic mass is 9.89. The molecule has 1 aromatic carbocycles. The maximum absolute atomic E-state index is 11.4. The van der Waals surface area contributed by atoms with Crippen molar-refractivity contribution in [3.05, 3.63) is 29.3 Å². The first kappa shape index (κ1) is 18.2. The number of aromatic carboxylic acids is 1. The summed E-state index contributed by atoms with van der Waals surface area (Å²) in [4.78, 5) is 16.5. The molecule has 2 saturated heterocycles. The van der Waals surface area contributed by atoms with Crippen molar-refractivity contribution in [1.82, 2.24) is 9.80 Å². The maximum atomic E-state index is 11.4. The van der Waals surface area contributed by atoms with Crippen LogP contribution in [0.4, 0.5) is 0 Å². The first-order valence-electron chi connectivity index (χ1n) is 9.45. The Morgan fingerprint density at radius 2 is 1.92 bits per heavy atom. The van der Waals surface area contributed by atoms with Crippen LogP contribution in [0.25, 0.3) is 0 Å². The lowest BCUT2D eigenvalue weighted by Crippen LogP contribution is -2.42. The Morgan fingerprint density at radius 1 is 1.24 bits per heavy atom. The molecule has 0 radical (unpaired) electrons. The predicted molar refractivity (Wildman–Crippen MR) is 98.2 cm³/mol.